The predicted octanol–water partition coefficient (Wildman–Crippen LogP) is 5.23. The number of nitrogens with zero attached hydrogens (tertiary/aromatic N) is 2. The molecule has 3 aromatic rings. The van der Waals surface area contributed by atoms with Gasteiger partial charge >= 0.3 is 0 Å². The van der Waals surface area contributed by atoms with Gasteiger partial charge in [-0.25, -0.2) is 4.98 Å². The average molecular weight is 374 g/mol. The smallest absolute Gasteiger partial charge is 0.257 e. The van der Waals surface area contributed by atoms with E-state index in [1.54, 1.807) is 12.3 Å². The van der Waals surface area contributed by atoms with Crippen molar-refractivity contribution in [3.63, 3.8) is 0 Å². The summed E-state index contributed by atoms with van der Waals surface area (Å²) in [5.74, 6) is 0.528. The number of carbonyl (C=O) groups is 1. The molecule has 144 valence electrons. The van der Waals surface area contributed by atoms with Crippen molar-refractivity contribution in [2.75, 3.05) is 28.6 Å². The Kier molecular flexibility index (Phi) is 6.27. The molecule has 0 aliphatic rings. The third kappa shape index (κ3) is 4.68. The van der Waals surface area contributed by atoms with Crippen LogP contribution < -0.4 is 15.5 Å². The van der Waals surface area contributed by atoms with E-state index in [0.717, 1.165) is 35.7 Å². The number of aryl methyl sites for hydroxylation is 1. The van der Waals surface area contributed by atoms with Crippen LogP contribution in [0.15, 0.2) is 66.9 Å². The van der Waals surface area contributed by atoms with Crippen molar-refractivity contribution < 1.29 is 4.79 Å². The zero-order valence-corrected chi connectivity index (χ0v) is 16.6. The lowest BCUT2D eigenvalue weighted by atomic mass is 10.2. The molecule has 2 N–H and O–H groups in total. The molecular weight excluding hydrogens is 348 g/mol. The van der Waals surface area contributed by atoms with Crippen LogP contribution in [0.3, 0.4) is 0 Å². The normalized spacial score (nSPS) is 10.4. The zero-order chi connectivity index (χ0) is 19.9. The van der Waals surface area contributed by atoms with Gasteiger partial charge in [-0.15, -0.1) is 0 Å². The molecule has 0 aliphatic carbocycles. The minimum absolute atomic E-state index is 0.175. The van der Waals surface area contributed by atoms with Crippen LogP contribution in [-0.4, -0.2) is 24.0 Å². The molecule has 0 unspecified atom stereocenters. The van der Waals surface area contributed by atoms with Gasteiger partial charge < -0.3 is 15.5 Å². The topological polar surface area (TPSA) is 57.3 Å². The fraction of sp³-hybridized carbons (Fsp3) is 0.217. The Bertz CT molecular complexity index is 916. The molecule has 1 amide bonds. The molecule has 5 nitrogen and oxygen atoms in total. The van der Waals surface area contributed by atoms with Crippen LogP contribution in [0.5, 0.6) is 0 Å². The summed E-state index contributed by atoms with van der Waals surface area (Å²) in [5.41, 5.74) is 4.57. The van der Waals surface area contributed by atoms with Crippen molar-refractivity contribution in [1.29, 1.82) is 0 Å². The highest BCUT2D eigenvalue weighted by Crippen LogP contribution is 2.20. The first-order valence-corrected chi connectivity index (χ1v) is 9.55. The lowest BCUT2D eigenvalue weighted by molar-refractivity contribution is 0.102. The molecule has 0 aliphatic heterocycles. The number of para-hydroxylation sites is 1. The maximum Gasteiger partial charge on any atom is 0.257 e. The first-order valence-electron chi connectivity index (χ1n) is 9.55. The van der Waals surface area contributed by atoms with Crippen LogP contribution in [0.25, 0.3) is 0 Å². The molecule has 0 bridgehead atoms. The number of anilines is 4. The second-order valence-electron chi connectivity index (χ2n) is 6.55. The van der Waals surface area contributed by atoms with E-state index in [4.69, 9.17) is 0 Å². The SMILES string of the molecule is CCN(CC)c1ccc(NC(=O)c2ccc(Nc3ccccc3C)nc2)cc1. The third-order valence-corrected chi connectivity index (χ3v) is 4.69. The number of rotatable bonds is 7. The summed E-state index contributed by atoms with van der Waals surface area (Å²) in [7, 11) is 0. The lowest BCUT2D eigenvalue weighted by Gasteiger charge is -2.21. The second kappa shape index (κ2) is 9.04. The van der Waals surface area contributed by atoms with Crippen LogP contribution in [0.4, 0.5) is 22.9 Å². The highest BCUT2D eigenvalue weighted by Gasteiger charge is 2.08. The van der Waals surface area contributed by atoms with Crippen LogP contribution in [0, 0.1) is 6.92 Å². The van der Waals surface area contributed by atoms with Gasteiger partial charge in [0.15, 0.2) is 0 Å². The summed E-state index contributed by atoms with van der Waals surface area (Å²) in [6.07, 6.45) is 1.58. The standard InChI is InChI=1S/C23H26N4O/c1-4-27(5-2)20-13-11-19(12-14-20)25-23(28)18-10-15-22(24-16-18)26-21-9-7-6-8-17(21)3/h6-16H,4-5H2,1-3H3,(H,24,26)(H,25,28). The Morgan fingerprint density at radius 2 is 1.68 bits per heavy atom. The van der Waals surface area contributed by atoms with Crippen molar-refractivity contribution in [3.05, 3.63) is 78.0 Å². The molecule has 1 aromatic heterocycles. The summed E-state index contributed by atoms with van der Waals surface area (Å²) in [6.45, 7) is 8.21. The van der Waals surface area contributed by atoms with Gasteiger partial charge in [-0.05, 0) is 68.8 Å². The second-order valence-corrected chi connectivity index (χ2v) is 6.55. The summed E-state index contributed by atoms with van der Waals surface area (Å²) in [6, 6.07) is 19.5. The number of pyridine rings is 1. The van der Waals surface area contributed by atoms with E-state index >= 15 is 0 Å². The third-order valence-electron chi connectivity index (χ3n) is 4.69. The Labute approximate surface area is 166 Å². The number of carbonyl (C=O) groups excluding carboxylic acids is 1. The van der Waals surface area contributed by atoms with Gasteiger partial charge in [0, 0.05) is 36.3 Å². The van der Waals surface area contributed by atoms with Crippen LogP contribution >= 0.6 is 0 Å². The van der Waals surface area contributed by atoms with E-state index in [0.29, 0.717) is 11.4 Å². The highest BCUT2D eigenvalue weighted by atomic mass is 16.1. The molecule has 0 atom stereocenters. The maximum absolute atomic E-state index is 12.5. The molecule has 0 fully saturated rings. The fourth-order valence-corrected chi connectivity index (χ4v) is 3.00. The Morgan fingerprint density at radius 1 is 0.964 bits per heavy atom. The molecule has 0 saturated heterocycles. The van der Waals surface area contributed by atoms with E-state index in [9.17, 15) is 4.79 Å². The Hall–Kier alpha value is -3.34. The van der Waals surface area contributed by atoms with Gasteiger partial charge in [0.2, 0.25) is 0 Å². The van der Waals surface area contributed by atoms with Gasteiger partial charge in [0.1, 0.15) is 5.82 Å². The maximum atomic E-state index is 12.5. The van der Waals surface area contributed by atoms with E-state index in [1.807, 2.05) is 61.5 Å². The number of aromatic nitrogens is 1. The quantitative estimate of drug-likeness (QED) is 0.594. The first kappa shape index (κ1) is 19.4. The van der Waals surface area contributed by atoms with Gasteiger partial charge in [-0.2, -0.15) is 0 Å². The van der Waals surface area contributed by atoms with Crippen molar-refractivity contribution in [3.8, 4) is 0 Å². The van der Waals surface area contributed by atoms with E-state index in [-0.39, 0.29) is 5.91 Å². The van der Waals surface area contributed by atoms with E-state index in [1.165, 1.54) is 0 Å². The number of hydrogen-bond donors (Lipinski definition) is 2. The highest BCUT2D eigenvalue weighted by molar-refractivity contribution is 6.04. The average Bonchev–Trinajstić information content (AvgIpc) is 2.72. The summed E-state index contributed by atoms with van der Waals surface area (Å²) in [5, 5.41) is 6.19. The van der Waals surface area contributed by atoms with Crippen molar-refractivity contribution >= 4 is 28.8 Å². The van der Waals surface area contributed by atoms with Crippen LogP contribution in [-0.2, 0) is 0 Å². The number of nitrogens with one attached hydrogen (secondary N) is 2. The van der Waals surface area contributed by atoms with Crippen LogP contribution in [0.1, 0.15) is 29.8 Å². The number of amides is 1. The molecule has 0 spiro atoms. The fourth-order valence-electron chi connectivity index (χ4n) is 3.00. The molecule has 5 heteroatoms. The molecule has 28 heavy (non-hydrogen) atoms. The van der Waals surface area contributed by atoms with Crippen molar-refractivity contribution in [2.24, 2.45) is 0 Å². The molecule has 2 aromatic carbocycles. The summed E-state index contributed by atoms with van der Waals surface area (Å²) < 4.78 is 0. The summed E-state index contributed by atoms with van der Waals surface area (Å²) in [4.78, 5) is 19.1. The van der Waals surface area contributed by atoms with Gasteiger partial charge in [-0.1, -0.05) is 18.2 Å². The lowest BCUT2D eigenvalue weighted by Crippen LogP contribution is -2.21. The van der Waals surface area contributed by atoms with Crippen LogP contribution in [0.2, 0.25) is 0 Å². The minimum Gasteiger partial charge on any atom is -0.372 e. The van der Waals surface area contributed by atoms with E-state index < -0.39 is 0 Å². The van der Waals surface area contributed by atoms with Crippen molar-refractivity contribution in [1.82, 2.24) is 4.98 Å². The monoisotopic (exact) mass is 374 g/mol. The molecule has 3 rings (SSSR count). The molecule has 0 saturated carbocycles. The largest absolute Gasteiger partial charge is 0.372 e. The van der Waals surface area contributed by atoms with Gasteiger partial charge in [0.25, 0.3) is 5.91 Å². The first-order chi connectivity index (χ1) is 13.6. The Morgan fingerprint density at radius 3 is 2.29 bits per heavy atom. The van der Waals surface area contributed by atoms with E-state index in [2.05, 4.69) is 34.4 Å². The molecular formula is C23H26N4O. The zero-order valence-electron chi connectivity index (χ0n) is 16.6. The van der Waals surface area contributed by atoms with Gasteiger partial charge in [0.05, 0.1) is 5.56 Å². The number of benzene rings is 2. The predicted molar refractivity (Wildman–Crippen MR) is 117 cm³/mol. The molecule has 0 radical (unpaired) electrons. The number of hydrogen-bond acceptors (Lipinski definition) is 4. The van der Waals surface area contributed by atoms with Crippen molar-refractivity contribution in [2.45, 2.75) is 20.8 Å². The Balaban J connectivity index is 1.64. The summed E-state index contributed by atoms with van der Waals surface area (Å²) >= 11 is 0. The molecule has 1 heterocycles. The minimum atomic E-state index is -0.175. The van der Waals surface area contributed by atoms with Gasteiger partial charge in [-0.3, -0.25) is 4.79 Å².